The van der Waals surface area contributed by atoms with E-state index in [0.29, 0.717) is 30.4 Å². The van der Waals surface area contributed by atoms with E-state index in [1.54, 1.807) is 27.2 Å². The second-order valence-electron chi connectivity index (χ2n) is 9.77. The lowest BCUT2D eigenvalue weighted by Crippen LogP contribution is -2.40. The van der Waals surface area contributed by atoms with Crippen LogP contribution in [0, 0.1) is 19.8 Å². The highest BCUT2D eigenvalue weighted by molar-refractivity contribution is 7.21. The van der Waals surface area contributed by atoms with E-state index in [9.17, 15) is 15.3 Å². The number of fused-ring (bicyclic) bond motifs is 1. The third-order valence-corrected chi connectivity index (χ3v) is 7.69. The van der Waals surface area contributed by atoms with Crippen LogP contribution in [-0.2, 0) is 4.74 Å². The third kappa shape index (κ3) is 5.24. The number of aromatic nitrogens is 4. The van der Waals surface area contributed by atoms with Gasteiger partial charge in [-0.2, -0.15) is 4.98 Å². The minimum atomic E-state index is -1.14. The standard InChI is InChI=1S/C24H34N6O4S/c1-11(34-6)10-26-23-27-12(2)17(22-29-18-13(3)25-8-7-16(18)35-22)21(30-23)28-15-9-14(24(4,5)33)19(31)20(15)32/h7-8,11,14-15,19-20,31-33H,9-10H2,1-6H3,(H2,26,27,28,30)/t11-,14+,15?,19-,20+/m1/s1. The molecule has 1 aliphatic rings. The maximum atomic E-state index is 10.8. The Hall–Kier alpha value is -2.44. The number of aliphatic hydroxyl groups is 3. The van der Waals surface area contributed by atoms with Crippen LogP contribution in [0.15, 0.2) is 12.3 Å². The quantitative estimate of drug-likeness (QED) is 0.311. The van der Waals surface area contributed by atoms with E-state index in [4.69, 9.17) is 14.7 Å². The van der Waals surface area contributed by atoms with Crippen molar-refractivity contribution in [1.82, 2.24) is 19.9 Å². The Morgan fingerprint density at radius 2 is 1.91 bits per heavy atom. The molecule has 11 heteroatoms. The summed E-state index contributed by atoms with van der Waals surface area (Å²) in [5, 5.41) is 39.2. The predicted octanol–water partition coefficient (Wildman–Crippen LogP) is 2.51. The average Bonchev–Trinajstić information content (AvgIpc) is 3.34. The topological polar surface area (TPSA) is 146 Å². The highest BCUT2D eigenvalue weighted by Crippen LogP contribution is 2.40. The SMILES string of the molecule is CO[C@H](C)CNc1nc(C)c(-c2nc3c(C)nccc3s2)c(NC2C[C@H](C(C)(C)O)[C@@H](O)[C@H]2O)n1. The number of hydrogen-bond acceptors (Lipinski definition) is 11. The van der Waals surface area contributed by atoms with Crippen LogP contribution in [-0.4, -0.2) is 78.9 Å². The lowest BCUT2D eigenvalue weighted by Gasteiger charge is -2.28. The Balaban J connectivity index is 1.75. The Bertz CT molecular complexity index is 1200. The van der Waals surface area contributed by atoms with Gasteiger partial charge in [0, 0.05) is 25.8 Å². The zero-order chi connectivity index (χ0) is 25.5. The molecular weight excluding hydrogens is 468 g/mol. The molecule has 3 heterocycles. The molecule has 1 fully saturated rings. The van der Waals surface area contributed by atoms with Gasteiger partial charge in [0.25, 0.3) is 0 Å². The Morgan fingerprint density at radius 1 is 1.17 bits per heavy atom. The summed E-state index contributed by atoms with van der Waals surface area (Å²) in [7, 11) is 1.64. The average molecular weight is 503 g/mol. The van der Waals surface area contributed by atoms with Crippen molar-refractivity contribution in [3.8, 4) is 10.6 Å². The molecule has 190 valence electrons. The van der Waals surface area contributed by atoms with E-state index >= 15 is 0 Å². The van der Waals surface area contributed by atoms with Gasteiger partial charge in [-0.05, 0) is 47.1 Å². The highest BCUT2D eigenvalue weighted by Gasteiger charge is 2.48. The number of ether oxygens (including phenoxy) is 1. The van der Waals surface area contributed by atoms with Gasteiger partial charge in [0.05, 0.1) is 45.5 Å². The summed E-state index contributed by atoms with van der Waals surface area (Å²) < 4.78 is 6.32. The maximum absolute atomic E-state index is 10.8. The first kappa shape index (κ1) is 25.6. The van der Waals surface area contributed by atoms with Gasteiger partial charge < -0.3 is 30.7 Å². The normalized spacial score (nSPS) is 23.6. The fourth-order valence-electron chi connectivity index (χ4n) is 4.47. The predicted molar refractivity (Wildman–Crippen MR) is 137 cm³/mol. The van der Waals surface area contributed by atoms with Gasteiger partial charge in [-0.1, -0.05) is 0 Å². The van der Waals surface area contributed by atoms with Crippen molar-refractivity contribution in [2.75, 3.05) is 24.3 Å². The van der Waals surface area contributed by atoms with Crippen LogP contribution >= 0.6 is 11.3 Å². The lowest BCUT2D eigenvalue weighted by molar-refractivity contribution is -0.0601. The summed E-state index contributed by atoms with van der Waals surface area (Å²) in [5.41, 5.74) is 1.97. The molecule has 0 bridgehead atoms. The molecule has 1 unspecified atom stereocenters. The monoisotopic (exact) mass is 502 g/mol. The Labute approximate surface area is 208 Å². The molecule has 4 rings (SSSR count). The molecule has 3 aromatic rings. The second kappa shape index (κ2) is 9.90. The second-order valence-corrected chi connectivity index (χ2v) is 10.8. The van der Waals surface area contributed by atoms with E-state index in [0.717, 1.165) is 26.5 Å². The molecule has 0 spiro atoms. The van der Waals surface area contributed by atoms with E-state index in [1.807, 2.05) is 26.8 Å². The summed E-state index contributed by atoms with van der Waals surface area (Å²) in [6.45, 7) is 9.57. The first-order valence-electron chi connectivity index (χ1n) is 11.7. The number of thiazole rings is 1. The number of nitrogens with one attached hydrogen (secondary N) is 2. The van der Waals surface area contributed by atoms with Crippen molar-refractivity contribution in [2.45, 2.75) is 71.0 Å². The molecular formula is C24H34N6O4S. The van der Waals surface area contributed by atoms with Crippen molar-refractivity contribution in [3.05, 3.63) is 23.7 Å². The van der Waals surface area contributed by atoms with Gasteiger partial charge in [0.15, 0.2) is 0 Å². The molecule has 0 radical (unpaired) electrons. The first-order chi connectivity index (χ1) is 16.5. The summed E-state index contributed by atoms with van der Waals surface area (Å²) >= 11 is 1.52. The number of methoxy groups -OCH3 is 1. The number of anilines is 2. The van der Waals surface area contributed by atoms with E-state index in [1.165, 1.54) is 11.3 Å². The zero-order valence-corrected chi connectivity index (χ0v) is 21.7. The number of aliphatic hydroxyl groups excluding tert-OH is 2. The summed E-state index contributed by atoms with van der Waals surface area (Å²) in [5.74, 6) is 0.434. The van der Waals surface area contributed by atoms with Crippen LogP contribution in [0.5, 0.6) is 0 Å². The number of hydrogen-bond donors (Lipinski definition) is 5. The van der Waals surface area contributed by atoms with Crippen molar-refractivity contribution in [3.63, 3.8) is 0 Å². The molecule has 5 atom stereocenters. The van der Waals surface area contributed by atoms with Crippen LogP contribution in [0.1, 0.15) is 38.6 Å². The number of nitrogens with zero attached hydrogens (tertiary/aromatic N) is 4. The third-order valence-electron chi connectivity index (χ3n) is 6.66. The van der Waals surface area contributed by atoms with Gasteiger partial charge in [0.2, 0.25) is 5.95 Å². The summed E-state index contributed by atoms with van der Waals surface area (Å²) in [6.07, 6.45) is -0.0228. The fourth-order valence-corrected chi connectivity index (χ4v) is 5.59. The van der Waals surface area contributed by atoms with E-state index in [2.05, 4.69) is 20.6 Å². The van der Waals surface area contributed by atoms with Crippen LogP contribution in [0.25, 0.3) is 20.8 Å². The van der Waals surface area contributed by atoms with Crippen molar-refractivity contribution in [2.24, 2.45) is 5.92 Å². The van der Waals surface area contributed by atoms with Gasteiger partial charge in [-0.25, -0.2) is 9.97 Å². The molecule has 10 nitrogen and oxygen atoms in total. The van der Waals surface area contributed by atoms with Crippen molar-refractivity contribution in [1.29, 1.82) is 0 Å². The number of rotatable bonds is 8. The molecule has 0 saturated heterocycles. The van der Waals surface area contributed by atoms with Crippen LogP contribution in [0.2, 0.25) is 0 Å². The molecule has 1 aliphatic carbocycles. The minimum absolute atomic E-state index is 0.0333. The molecule has 5 N–H and O–H groups in total. The Kier molecular flexibility index (Phi) is 7.26. The lowest BCUT2D eigenvalue weighted by atomic mass is 9.88. The fraction of sp³-hybridized carbons (Fsp3) is 0.583. The van der Waals surface area contributed by atoms with Gasteiger partial charge in [-0.3, -0.25) is 4.98 Å². The van der Waals surface area contributed by atoms with Crippen LogP contribution in [0.3, 0.4) is 0 Å². The molecule has 1 saturated carbocycles. The first-order valence-corrected chi connectivity index (χ1v) is 12.5. The van der Waals surface area contributed by atoms with Gasteiger partial charge >= 0.3 is 0 Å². The smallest absolute Gasteiger partial charge is 0.224 e. The molecule has 0 aliphatic heterocycles. The molecule has 0 amide bonds. The van der Waals surface area contributed by atoms with E-state index < -0.39 is 29.8 Å². The minimum Gasteiger partial charge on any atom is -0.390 e. The summed E-state index contributed by atoms with van der Waals surface area (Å²) in [4.78, 5) is 18.6. The zero-order valence-electron chi connectivity index (χ0n) is 20.9. The van der Waals surface area contributed by atoms with Gasteiger partial charge in [0.1, 0.15) is 22.4 Å². The number of pyridine rings is 1. The molecule has 3 aromatic heterocycles. The molecule has 35 heavy (non-hydrogen) atoms. The highest BCUT2D eigenvalue weighted by atomic mass is 32.1. The van der Waals surface area contributed by atoms with Crippen LogP contribution in [0.4, 0.5) is 11.8 Å². The summed E-state index contributed by atoms with van der Waals surface area (Å²) in [6, 6.07) is 1.41. The largest absolute Gasteiger partial charge is 0.390 e. The van der Waals surface area contributed by atoms with Crippen molar-refractivity contribution >= 4 is 33.3 Å². The number of aryl methyl sites for hydroxylation is 2. The maximum Gasteiger partial charge on any atom is 0.224 e. The van der Waals surface area contributed by atoms with Crippen molar-refractivity contribution < 1.29 is 20.1 Å². The van der Waals surface area contributed by atoms with E-state index in [-0.39, 0.29) is 6.10 Å². The molecule has 0 aromatic carbocycles. The van der Waals surface area contributed by atoms with Crippen LogP contribution < -0.4 is 10.6 Å². The van der Waals surface area contributed by atoms with Gasteiger partial charge in [-0.15, -0.1) is 11.3 Å². The Morgan fingerprint density at radius 3 is 2.54 bits per heavy atom.